The quantitative estimate of drug-likeness (QED) is 0.299. The molecule has 0 saturated carbocycles. The Morgan fingerprint density at radius 2 is 0.923 bits per heavy atom. The van der Waals surface area contributed by atoms with Crippen molar-refractivity contribution in [3.05, 3.63) is 0 Å². The van der Waals surface area contributed by atoms with E-state index in [0.29, 0.717) is 8.64 Å². The maximum Gasteiger partial charge on any atom is 0.00456 e. The first-order valence-electron chi connectivity index (χ1n) is 3.05. The molecule has 0 heterocycles. The average Bonchev–Trinajstić information content (AvgIpc) is 1.88. The maximum atomic E-state index is 4.56. The Balaban J connectivity index is -0.000000143. The zero-order valence-corrected chi connectivity index (χ0v) is 15.2. The molecule has 0 unspecified atom stereocenters. The van der Waals surface area contributed by atoms with Gasteiger partial charge in [0.05, 0.1) is 0 Å². The summed E-state index contributed by atoms with van der Waals surface area (Å²) in [5.41, 5.74) is 0. The van der Waals surface area contributed by atoms with Crippen LogP contribution in [-0.4, -0.2) is 73.9 Å². The van der Waals surface area contributed by atoms with Gasteiger partial charge in [-0.3, -0.25) is 0 Å². The van der Waals surface area contributed by atoms with Gasteiger partial charge in [0.1, 0.15) is 0 Å². The van der Waals surface area contributed by atoms with Crippen LogP contribution in [0.3, 0.4) is 0 Å². The van der Waals surface area contributed by atoms with Crippen LogP contribution in [0.15, 0.2) is 0 Å². The van der Waals surface area contributed by atoms with Gasteiger partial charge >= 0.3 is 0 Å². The molecule has 0 saturated heterocycles. The Kier molecular flexibility index (Phi) is 17.0. The van der Waals surface area contributed by atoms with Crippen molar-refractivity contribution in [3.63, 3.8) is 0 Å². The molecular weight excluding hydrogens is 436 g/mol. The molecule has 13 heavy (non-hydrogen) atoms. The summed E-state index contributed by atoms with van der Waals surface area (Å²) < 4.78 is 1.02. The molecule has 0 aliphatic carbocycles. The van der Waals surface area contributed by atoms with Gasteiger partial charge in [-0.2, -0.15) is 0 Å². The minimum atomic E-state index is 0. The molecule has 4 radical (unpaired) electrons. The van der Waals surface area contributed by atoms with Gasteiger partial charge in [0, 0.05) is 55.5 Å². The first-order chi connectivity index (χ1) is 5.29. The molecule has 0 amide bonds. The van der Waals surface area contributed by atoms with Crippen LogP contribution in [0.4, 0.5) is 0 Å². The van der Waals surface area contributed by atoms with E-state index in [1.54, 1.807) is 9.80 Å². The van der Waals surface area contributed by atoms with Crippen LogP contribution >= 0.6 is 24.4 Å². The third-order valence-electron chi connectivity index (χ3n) is 0.730. The molecule has 0 aliphatic rings. The summed E-state index contributed by atoms with van der Waals surface area (Å²) in [6.45, 7) is 0. The molecule has 0 atom stereocenters. The number of hydrogen-bond donors (Lipinski definition) is 0. The molecule has 0 rings (SSSR count). The van der Waals surface area contributed by atoms with Crippen molar-refractivity contribution in [1.82, 2.24) is 9.80 Å². The van der Waals surface area contributed by atoms with Crippen molar-refractivity contribution in [3.8, 4) is 0 Å². The summed E-state index contributed by atoms with van der Waals surface area (Å²) >= 11 is 18.2. The second kappa shape index (κ2) is 11.2. The summed E-state index contributed by atoms with van der Waals surface area (Å²) in [7, 11) is 7.31. The van der Waals surface area contributed by atoms with Gasteiger partial charge in [-0.1, -0.05) is 8.64 Å². The Morgan fingerprint density at radius 3 is 0.923 bits per heavy atom. The summed E-state index contributed by atoms with van der Waals surface area (Å²) in [6.07, 6.45) is 0. The molecule has 0 fully saturated rings. The van der Waals surface area contributed by atoms with Crippen LogP contribution < -0.4 is 0 Å². The van der Waals surface area contributed by atoms with E-state index in [-0.39, 0.29) is 27.3 Å². The molecule has 7 heteroatoms. The van der Waals surface area contributed by atoms with Crippen LogP contribution in [0.1, 0.15) is 0 Å². The van der Waals surface area contributed by atoms with E-state index in [1.165, 1.54) is 0 Å². The standard InChI is InChI=1S/2C3H7NS2.Pb/c2*1-4(2)3(5)6;/h2*1-2H3,(H,5,6);/p-2. The largest absolute Gasteiger partial charge is 0.411 e. The van der Waals surface area contributed by atoms with Crippen molar-refractivity contribution in [1.29, 1.82) is 0 Å². The molecular formula is C6H12N2PbS4-2. The minimum absolute atomic E-state index is 0. The number of rotatable bonds is 0. The SMILES string of the molecule is CN(C)C(=S)[S-].CN(C)C(=S)[S-].[Pb]. The monoisotopic (exact) mass is 448 g/mol. The Morgan fingerprint density at radius 1 is 0.846 bits per heavy atom. The molecule has 2 nitrogen and oxygen atoms in total. The zero-order chi connectivity index (χ0) is 10.3. The number of thiocarbonyl (C=S) groups is 2. The van der Waals surface area contributed by atoms with E-state index in [1.807, 2.05) is 28.2 Å². The van der Waals surface area contributed by atoms with Crippen molar-refractivity contribution in [2.75, 3.05) is 28.2 Å². The van der Waals surface area contributed by atoms with Crippen LogP contribution in [0.2, 0.25) is 0 Å². The van der Waals surface area contributed by atoms with Crippen molar-refractivity contribution >= 4 is 85.6 Å². The smallest absolute Gasteiger partial charge is 0.00456 e. The second-order valence-corrected chi connectivity index (χ2v) is 4.38. The van der Waals surface area contributed by atoms with Gasteiger partial charge in [-0.15, -0.1) is 0 Å². The third kappa shape index (κ3) is 19.5. The van der Waals surface area contributed by atoms with Gasteiger partial charge in [-0.25, -0.2) is 0 Å². The molecule has 0 spiro atoms. The molecule has 0 aliphatic heterocycles. The second-order valence-electron chi connectivity index (χ2n) is 2.32. The number of nitrogens with zero attached hydrogens (tertiary/aromatic N) is 2. The fourth-order valence-corrected chi connectivity index (χ4v) is 0. The van der Waals surface area contributed by atoms with E-state index in [2.05, 4.69) is 49.7 Å². The normalized spacial score (nSPS) is 7.08. The molecule has 0 bridgehead atoms. The fraction of sp³-hybridized carbons (Fsp3) is 0.667. The van der Waals surface area contributed by atoms with Gasteiger partial charge < -0.3 is 59.5 Å². The van der Waals surface area contributed by atoms with Crippen LogP contribution in [0.5, 0.6) is 0 Å². The molecule has 76 valence electrons. The summed E-state index contributed by atoms with van der Waals surface area (Å²) in [5, 5.41) is 0. The van der Waals surface area contributed by atoms with Crippen molar-refractivity contribution in [2.45, 2.75) is 0 Å². The van der Waals surface area contributed by atoms with Crippen LogP contribution in [0, 0.1) is 0 Å². The predicted octanol–water partition coefficient (Wildman–Crippen LogP) is 0.379. The van der Waals surface area contributed by atoms with E-state index < -0.39 is 0 Å². The summed E-state index contributed by atoms with van der Waals surface area (Å²) in [6, 6.07) is 0. The predicted molar refractivity (Wildman–Crippen MR) is 73.1 cm³/mol. The van der Waals surface area contributed by atoms with Crippen LogP contribution in [-0.2, 0) is 25.3 Å². The van der Waals surface area contributed by atoms with Crippen molar-refractivity contribution in [2.24, 2.45) is 0 Å². The van der Waals surface area contributed by atoms with E-state index >= 15 is 0 Å². The van der Waals surface area contributed by atoms with Gasteiger partial charge in [-0.05, 0) is 0 Å². The third-order valence-corrected chi connectivity index (χ3v) is 2.19. The van der Waals surface area contributed by atoms with E-state index in [0.717, 1.165) is 0 Å². The molecule has 0 aromatic heterocycles. The summed E-state index contributed by atoms with van der Waals surface area (Å²) in [5.74, 6) is 0. The van der Waals surface area contributed by atoms with E-state index in [9.17, 15) is 0 Å². The van der Waals surface area contributed by atoms with Gasteiger partial charge in [0.25, 0.3) is 0 Å². The minimum Gasteiger partial charge on any atom is -0.411 e. The Bertz CT molecular complexity index is 143. The molecule has 0 aromatic carbocycles. The van der Waals surface area contributed by atoms with Crippen LogP contribution in [0.25, 0.3) is 0 Å². The van der Waals surface area contributed by atoms with Crippen molar-refractivity contribution < 1.29 is 0 Å². The first-order valence-corrected chi connectivity index (χ1v) is 4.69. The topological polar surface area (TPSA) is 6.48 Å². The average molecular weight is 448 g/mol. The Labute approximate surface area is 122 Å². The number of hydrogen-bond acceptors (Lipinski definition) is 4. The zero-order valence-electron chi connectivity index (χ0n) is 8.03. The van der Waals surface area contributed by atoms with E-state index in [4.69, 9.17) is 0 Å². The van der Waals surface area contributed by atoms with Gasteiger partial charge in [0.15, 0.2) is 0 Å². The summed E-state index contributed by atoms with van der Waals surface area (Å²) in [4.78, 5) is 3.43. The Hall–Kier alpha value is 1.14. The maximum absolute atomic E-state index is 4.56. The fourth-order valence-electron chi connectivity index (χ4n) is 0. The first kappa shape index (κ1) is 19.7. The molecule has 0 aromatic rings. The molecule has 0 N–H and O–H groups in total. The van der Waals surface area contributed by atoms with Gasteiger partial charge in [0.2, 0.25) is 0 Å².